The number of hydrogen-bond acceptors (Lipinski definition) is 2. The summed E-state index contributed by atoms with van der Waals surface area (Å²) in [5.41, 5.74) is 1.01. The molecule has 2 heteroatoms. The first-order valence-electron chi connectivity index (χ1n) is 6.19. The Morgan fingerprint density at radius 2 is 1.94 bits per heavy atom. The molecule has 0 saturated carbocycles. The molecule has 1 N–H and O–H groups in total. The maximum absolute atomic E-state index is 9.02. The van der Waals surface area contributed by atoms with Crippen molar-refractivity contribution >= 4 is 11.8 Å². The molecular formula is C14H22OS. The molecule has 0 heterocycles. The molecule has 0 saturated heterocycles. The summed E-state index contributed by atoms with van der Waals surface area (Å²) in [5, 5.41) is 9.02. The molecule has 0 aromatic heterocycles. The van der Waals surface area contributed by atoms with Gasteiger partial charge in [0.1, 0.15) is 0 Å². The van der Waals surface area contributed by atoms with Crippen molar-refractivity contribution in [1.29, 1.82) is 0 Å². The van der Waals surface area contributed by atoms with Gasteiger partial charge in [0.25, 0.3) is 0 Å². The van der Waals surface area contributed by atoms with Crippen LogP contribution in [0.5, 0.6) is 0 Å². The van der Waals surface area contributed by atoms with Crippen molar-refractivity contribution in [3.63, 3.8) is 0 Å². The average Bonchev–Trinajstić information content (AvgIpc) is 2.34. The second-order valence-corrected chi connectivity index (χ2v) is 5.24. The fourth-order valence-corrected chi connectivity index (χ4v) is 2.62. The van der Waals surface area contributed by atoms with E-state index in [2.05, 4.69) is 19.1 Å². The van der Waals surface area contributed by atoms with E-state index in [1.54, 1.807) is 0 Å². The van der Waals surface area contributed by atoms with Crippen LogP contribution in [-0.4, -0.2) is 10.9 Å². The predicted octanol–water partition coefficient (Wildman–Crippen LogP) is 4.24. The molecule has 0 spiro atoms. The Morgan fingerprint density at radius 3 is 2.69 bits per heavy atom. The Labute approximate surface area is 103 Å². The van der Waals surface area contributed by atoms with Crippen LogP contribution in [0.1, 0.15) is 44.6 Å². The van der Waals surface area contributed by atoms with Gasteiger partial charge in [0.2, 0.25) is 0 Å². The Balaban J connectivity index is 2.16. The summed E-state index contributed by atoms with van der Waals surface area (Å²) in [6.07, 6.45) is 6.69. The number of rotatable bonds is 8. The molecule has 1 aromatic carbocycles. The molecule has 16 heavy (non-hydrogen) atoms. The third kappa shape index (κ3) is 5.57. The van der Waals surface area contributed by atoms with Crippen LogP contribution in [-0.2, 0) is 6.61 Å². The fourth-order valence-electron chi connectivity index (χ4n) is 1.63. The minimum absolute atomic E-state index is 0.144. The summed E-state index contributed by atoms with van der Waals surface area (Å²) in [6.45, 7) is 2.39. The maximum Gasteiger partial charge on any atom is 0.0682 e. The lowest BCUT2D eigenvalue weighted by molar-refractivity contribution is 0.281. The lowest BCUT2D eigenvalue weighted by Gasteiger charge is -2.03. The number of aliphatic hydroxyl groups excluding tert-OH is 1. The van der Waals surface area contributed by atoms with Gasteiger partial charge in [-0.05, 0) is 29.9 Å². The van der Waals surface area contributed by atoms with E-state index in [4.69, 9.17) is 5.11 Å². The van der Waals surface area contributed by atoms with Crippen LogP contribution < -0.4 is 0 Å². The van der Waals surface area contributed by atoms with Crippen LogP contribution >= 0.6 is 11.8 Å². The van der Waals surface area contributed by atoms with E-state index in [1.807, 2.05) is 23.9 Å². The molecule has 0 unspecified atom stereocenters. The Kier molecular flexibility index (Phi) is 7.35. The Morgan fingerprint density at radius 1 is 1.12 bits per heavy atom. The highest BCUT2D eigenvalue weighted by molar-refractivity contribution is 7.99. The monoisotopic (exact) mass is 238 g/mol. The van der Waals surface area contributed by atoms with Crippen LogP contribution in [0.3, 0.4) is 0 Å². The van der Waals surface area contributed by atoms with E-state index in [-0.39, 0.29) is 6.61 Å². The number of benzene rings is 1. The highest BCUT2D eigenvalue weighted by atomic mass is 32.2. The Hall–Kier alpha value is -0.470. The molecule has 0 amide bonds. The molecule has 90 valence electrons. The molecule has 0 aliphatic rings. The van der Waals surface area contributed by atoms with E-state index < -0.39 is 0 Å². The lowest BCUT2D eigenvalue weighted by Crippen LogP contribution is -1.85. The van der Waals surface area contributed by atoms with E-state index in [0.717, 1.165) is 5.56 Å². The zero-order chi connectivity index (χ0) is 11.6. The van der Waals surface area contributed by atoms with Gasteiger partial charge in [0, 0.05) is 4.90 Å². The molecule has 0 bridgehead atoms. The van der Waals surface area contributed by atoms with E-state index in [0.29, 0.717) is 0 Å². The van der Waals surface area contributed by atoms with Crippen molar-refractivity contribution in [3.05, 3.63) is 29.8 Å². The smallest absolute Gasteiger partial charge is 0.0682 e. The summed E-state index contributed by atoms with van der Waals surface area (Å²) in [4.78, 5) is 1.28. The van der Waals surface area contributed by atoms with Gasteiger partial charge in [0.05, 0.1) is 6.61 Å². The van der Waals surface area contributed by atoms with Crippen LogP contribution in [0.25, 0.3) is 0 Å². The summed E-state index contributed by atoms with van der Waals surface area (Å²) in [7, 11) is 0. The average molecular weight is 238 g/mol. The van der Waals surface area contributed by atoms with Gasteiger partial charge in [-0.15, -0.1) is 11.8 Å². The largest absolute Gasteiger partial charge is 0.392 e. The van der Waals surface area contributed by atoms with E-state index in [9.17, 15) is 0 Å². The van der Waals surface area contributed by atoms with Crippen LogP contribution in [0.4, 0.5) is 0 Å². The molecule has 0 atom stereocenters. The summed E-state index contributed by atoms with van der Waals surface area (Å²) >= 11 is 1.90. The van der Waals surface area contributed by atoms with Crippen molar-refractivity contribution < 1.29 is 5.11 Å². The number of thioether (sulfide) groups is 1. The van der Waals surface area contributed by atoms with Gasteiger partial charge in [-0.2, -0.15) is 0 Å². The van der Waals surface area contributed by atoms with Gasteiger partial charge in [-0.25, -0.2) is 0 Å². The van der Waals surface area contributed by atoms with Gasteiger partial charge < -0.3 is 5.11 Å². The summed E-state index contributed by atoms with van der Waals surface area (Å²) in [6, 6.07) is 8.18. The van der Waals surface area contributed by atoms with Crippen molar-refractivity contribution in [3.8, 4) is 0 Å². The molecule has 0 aliphatic heterocycles. The topological polar surface area (TPSA) is 20.2 Å². The lowest BCUT2D eigenvalue weighted by atomic mass is 10.2. The standard InChI is InChI=1S/C14H22OS/c1-2-3-4-5-6-10-16-14-9-7-8-13(11-14)12-15/h7-9,11,15H,2-6,10,12H2,1H3. The quantitative estimate of drug-likeness (QED) is 0.540. The van der Waals surface area contributed by atoms with Gasteiger partial charge in [0.15, 0.2) is 0 Å². The highest BCUT2D eigenvalue weighted by Gasteiger charge is 1.96. The second-order valence-electron chi connectivity index (χ2n) is 4.07. The van der Waals surface area contributed by atoms with E-state index in [1.165, 1.54) is 42.8 Å². The number of unbranched alkanes of at least 4 members (excludes halogenated alkanes) is 4. The highest BCUT2D eigenvalue weighted by Crippen LogP contribution is 2.21. The fraction of sp³-hybridized carbons (Fsp3) is 0.571. The second kappa shape index (κ2) is 8.66. The number of aliphatic hydroxyl groups is 1. The molecule has 1 rings (SSSR count). The minimum Gasteiger partial charge on any atom is -0.392 e. The summed E-state index contributed by atoms with van der Waals surface area (Å²) in [5.74, 6) is 1.19. The minimum atomic E-state index is 0.144. The molecule has 0 aliphatic carbocycles. The predicted molar refractivity (Wildman–Crippen MR) is 71.8 cm³/mol. The molecule has 0 fully saturated rings. The first-order chi connectivity index (χ1) is 7.86. The Bertz CT molecular complexity index is 286. The zero-order valence-corrected chi connectivity index (χ0v) is 10.9. The molecule has 1 nitrogen and oxygen atoms in total. The van der Waals surface area contributed by atoms with Gasteiger partial charge in [-0.1, -0.05) is 44.7 Å². The van der Waals surface area contributed by atoms with E-state index >= 15 is 0 Å². The van der Waals surface area contributed by atoms with Crippen LogP contribution in [0, 0.1) is 0 Å². The first-order valence-corrected chi connectivity index (χ1v) is 7.18. The van der Waals surface area contributed by atoms with Crippen molar-refractivity contribution in [2.45, 2.75) is 50.5 Å². The summed E-state index contributed by atoms with van der Waals surface area (Å²) < 4.78 is 0. The maximum atomic E-state index is 9.02. The molecular weight excluding hydrogens is 216 g/mol. The van der Waals surface area contributed by atoms with Crippen molar-refractivity contribution in [1.82, 2.24) is 0 Å². The van der Waals surface area contributed by atoms with Crippen LogP contribution in [0.2, 0.25) is 0 Å². The first kappa shape index (κ1) is 13.6. The normalized spacial score (nSPS) is 10.6. The van der Waals surface area contributed by atoms with Crippen molar-refractivity contribution in [2.24, 2.45) is 0 Å². The van der Waals surface area contributed by atoms with Crippen molar-refractivity contribution in [2.75, 3.05) is 5.75 Å². The zero-order valence-electron chi connectivity index (χ0n) is 10.1. The third-order valence-electron chi connectivity index (χ3n) is 2.60. The third-order valence-corrected chi connectivity index (χ3v) is 3.68. The molecule has 1 aromatic rings. The molecule has 0 radical (unpaired) electrons. The van der Waals surface area contributed by atoms with Crippen LogP contribution in [0.15, 0.2) is 29.2 Å². The SMILES string of the molecule is CCCCCCCSc1cccc(CO)c1. The van der Waals surface area contributed by atoms with Gasteiger partial charge in [-0.3, -0.25) is 0 Å². The van der Waals surface area contributed by atoms with Gasteiger partial charge >= 0.3 is 0 Å². The number of hydrogen-bond donors (Lipinski definition) is 1.